The molecule has 0 saturated carbocycles. The van der Waals surface area contributed by atoms with Crippen LogP contribution in [0.1, 0.15) is 17.5 Å². The Hall–Kier alpha value is -4.96. The maximum atomic E-state index is 12.1. The van der Waals surface area contributed by atoms with E-state index < -0.39 is 11.8 Å². The number of phenolic OH excluding ortho intramolecular Hbond substituents is 4. The monoisotopic (exact) mass is 448 g/mol. The number of nitriles is 2. The molecule has 0 spiro atoms. The van der Waals surface area contributed by atoms with Crippen LogP contribution >= 0.6 is 0 Å². The summed E-state index contributed by atoms with van der Waals surface area (Å²) in [5.41, 5.74) is 0.274. The van der Waals surface area contributed by atoms with Crippen LogP contribution in [0.3, 0.4) is 0 Å². The van der Waals surface area contributed by atoms with Crippen molar-refractivity contribution in [2.45, 2.75) is 6.42 Å². The van der Waals surface area contributed by atoms with E-state index in [0.717, 1.165) is 0 Å². The number of rotatable bonds is 8. The van der Waals surface area contributed by atoms with Crippen molar-refractivity contribution in [1.29, 1.82) is 10.5 Å². The van der Waals surface area contributed by atoms with Gasteiger partial charge in [-0.2, -0.15) is 10.5 Å². The van der Waals surface area contributed by atoms with E-state index in [9.17, 15) is 40.5 Å². The number of amides is 2. The summed E-state index contributed by atoms with van der Waals surface area (Å²) in [7, 11) is 0. The number of nitrogens with zero attached hydrogens (tertiary/aromatic N) is 2. The van der Waals surface area contributed by atoms with Crippen LogP contribution in [0.5, 0.6) is 23.0 Å². The highest BCUT2D eigenvalue weighted by atomic mass is 16.3. The Kier molecular flexibility index (Phi) is 8.43. The summed E-state index contributed by atoms with van der Waals surface area (Å²) in [5, 5.41) is 61.0. The minimum Gasteiger partial charge on any atom is -0.504 e. The number of phenols is 4. The molecule has 2 aromatic carbocycles. The van der Waals surface area contributed by atoms with Gasteiger partial charge >= 0.3 is 0 Å². The van der Waals surface area contributed by atoms with Gasteiger partial charge in [0.1, 0.15) is 23.3 Å². The molecule has 0 fully saturated rings. The van der Waals surface area contributed by atoms with Crippen molar-refractivity contribution in [3.63, 3.8) is 0 Å². The molecular formula is C23H20N4O6. The normalized spacial score (nSPS) is 11.2. The molecule has 33 heavy (non-hydrogen) atoms. The van der Waals surface area contributed by atoms with Gasteiger partial charge < -0.3 is 31.1 Å². The van der Waals surface area contributed by atoms with E-state index in [4.69, 9.17) is 0 Å². The van der Waals surface area contributed by atoms with E-state index in [1.165, 1.54) is 48.6 Å². The van der Waals surface area contributed by atoms with Crippen LogP contribution in [-0.4, -0.2) is 45.3 Å². The molecule has 2 rings (SSSR count). The third kappa shape index (κ3) is 7.05. The topological polar surface area (TPSA) is 187 Å². The van der Waals surface area contributed by atoms with Crippen molar-refractivity contribution in [3.8, 4) is 35.1 Å². The third-order valence-corrected chi connectivity index (χ3v) is 4.28. The maximum absolute atomic E-state index is 12.1. The molecule has 0 atom stereocenters. The summed E-state index contributed by atoms with van der Waals surface area (Å²) >= 11 is 0. The Morgan fingerprint density at radius 1 is 0.727 bits per heavy atom. The molecule has 10 nitrogen and oxygen atoms in total. The fraction of sp³-hybridized carbons (Fsp3) is 0.130. The SMILES string of the molecule is N#C/C(=C/c1ccc(O)c(O)c1)C(=O)NCCCNC(=O)/C(C#N)=C/c1ccc(O)c(O)c1. The quantitative estimate of drug-likeness (QED) is 0.152. The molecule has 0 aliphatic heterocycles. The molecule has 168 valence electrons. The molecule has 0 aromatic heterocycles. The average Bonchev–Trinajstić information content (AvgIpc) is 2.79. The second kappa shape index (κ2) is 11.4. The van der Waals surface area contributed by atoms with Crippen molar-refractivity contribution < 1.29 is 30.0 Å². The van der Waals surface area contributed by atoms with Gasteiger partial charge in [-0.3, -0.25) is 9.59 Å². The van der Waals surface area contributed by atoms with Crippen LogP contribution < -0.4 is 10.6 Å². The number of benzene rings is 2. The number of hydrogen-bond donors (Lipinski definition) is 6. The summed E-state index contributed by atoms with van der Waals surface area (Å²) in [4.78, 5) is 24.3. The predicted molar refractivity (Wildman–Crippen MR) is 117 cm³/mol. The lowest BCUT2D eigenvalue weighted by Crippen LogP contribution is -2.30. The molecule has 10 heteroatoms. The Bertz CT molecular complexity index is 1110. The molecular weight excluding hydrogens is 428 g/mol. The van der Waals surface area contributed by atoms with Crippen LogP contribution in [0.25, 0.3) is 12.2 Å². The van der Waals surface area contributed by atoms with Crippen LogP contribution in [0, 0.1) is 22.7 Å². The highest BCUT2D eigenvalue weighted by molar-refractivity contribution is 6.02. The molecule has 2 aromatic rings. The number of aromatic hydroxyl groups is 4. The van der Waals surface area contributed by atoms with Gasteiger partial charge in [0.15, 0.2) is 23.0 Å². The average molecular weight is 448 g/mol. The maximum Gasteiger partial charge on any atom is 0.261 e. The summed E-state index contributed by atoms with van der Waals surface area (Å²) in [6.45, 7) is 0.271. The molecule has 0 heterocycles. The molecule has 0 bridgehead atoms. The fourth-order valence-electron chi connectivity index (χ4n) is 2.57. The van der Waals surface area contributed by atoms with Crippen molar-refractivity contribution >= 4 is 24.0 Å². The molecule has 2 amide bonds. The van der Waals surface area contributed by atoms with E-state index in [2.05, 4.69) is 10.6 Å². The van der Waals surface area contributed by atoms with Gasteiger partial charge in [0, 0.05) is 13.1 Å². The van der Waals surface area contributed by atoms with Crippen LogP contribution in [0.2, 0.25) is 0 Å². The molecule has 0 radical (unpaired) electrons. The van der Waals surface area contributed by atoms with E-state index in [1.807, 2.05) is 0 Å². The van der Waals surface area contributed by atoms with E-state index in [-0.39, 0.29) is 47.2 Å². The Morgan fingerprint density at radius 3 is 1.45 bits per heavy atom. The van der Waals surface area contributed by atoms with Gasteiger partial charge in [-0.05, 0) is 54.0 Å². The highest BCUT2D eigenvalue weighted by Crippen LogP contribution is 2.26. The zero-order chi connectivity index (χ0) is 24.4. The van der Waals surface area contributed by atoms with E-state index in [0.29, 0.717) is 17.5 Å². The fourth-order valence-corrected chi connectivity index (χ4v) is 2.57. The highest BCUT2D eigenvalue weighted by Gasteiger charge is 2.11. The molecule has 0 aliphatic carbocycles. The zero-order valence-corrected chi connectivity index (χ0v) is 17.2. The smallest absolute Gasteiger partial charge is 0.261 e. The van der Waals surface area contributed by atoms with Crippen molar-refractivity contribution in [3.05, 3.63) is 58.7 Å². The first-order valence-electron chi connectivity index (χ1n) is 9.59. The Labute approximate surface area is 189 Å². The lowest BCUT2D eigenvalue weighted by Gasteiger charge is -2.07. The standard InChI is InChI=1S/C23H20N4O6/c24-12-16(8-14-2-4-18(28)20(30)10-14)22(32)26-6-1-7-27-23(33)17(13-25)9-15-3-5-19(29)21(31)11-15/h2-5,8-11,28-31H,1,6-7H2,(H,26,32)(H,27,33)/b16-8-,17-9+. The van der Waals surface area contributed by atoms with Gasteiger partial charge in [0.05, 0.1) is 0 Å². The molecule has 0 saturated heterocycles. The Balaban J connectivity index is 1.85. The summed E-state index contributed by atoms with van der Waals surface area (Å²) in [6, 6.07) is 11.2. The van der Waals surface area contributed by atoms with E-state index >= 15 is 0 Å². The second-order valence-electron chi connectivity index (χ2n) is 6.70. The first-order valence-corrected chi connectivity index (χ1v) is 9.59. The summed E-state index contributed by atoms with van der Waals surface area (Å²) in [5.74, 6) is -2.72. The predicted octanol–water partition coefficient (Wildman–Crippen LogP) is 1.65. The minimum absolute atomic E-state index is 0.135. The number of hydrogen-bond acceptors (Lipinski definition) is 8. The van der Waals surface area contributed by atoms with Crippen molar-refractivity contribution in [2.24, 2.45) is 0 Å². The van der Waals surface area contributed by atoms with Crippen LogP contribution in [0.4, 0.5) is 0 Å². The van der Waals surface area contributed by atoms with Gasteiger partial charge in [-0.25, -0.2) is 0 Å². The number of carbonyl (C=O) groups excluding carboxylic acids is 2. The van der Waals surface area contributed by atoms with Gasteiger partial charge in [0.25, 0.3) is 11.8 Å². The zero-order valence-electron chi connectivity index (χ0n) is 17.2. The first kappa shape index (κ1) is 24.3. The van der Waals surface area contributed by atoms with Crippen molar-refractivity contribution in [2.75, 3.05) is 13.1 Å². The van der Waals surface area contributed by atoms with E-state index in [1.54, 1.807) is 12.1 Å². The number of carbonyl (C=O) groups is 2. The second-order valence-corrected chi connectivity index (χ2v) is 6.70. The summed E-state index contributed by atoms with van der Waals surface area (Å²) in [6.07, 6.45) is 2.82. The first-order chi connectivity index (χ1) is 15.7. The molecule has 0 aliphatic rings. The van der Waals surface area contributed by atoms with Gasteiger partial charge in [-0.15, -0.1) is 0 Å². The number of nitrogens with one attached hydrogen (secondary N) is 2. The molecule has 0 unspecified atom stereocenters. The minimum atomic E-state index is -0.652. The van der Waals surface area contributed by atoms with Gasteiger partial charge in [0.2, 0.25) is 0 Å². The lowest BCUT2D eigenvalue weighted by atomic mass is 10.1. The van der Waals surface area contributed by atoms with Crippen molar-refractivity contribution in [1.82, 2.24) is 10.6 Å². The van der Waals surface area contributed by atoms with Crippen LogP contribution in [0.15, 0.2) is 47.5 Å². The molecule has 6 N–H and O–H groups in total. The largest absolute Gasteiger partial charge is 0.504 e. The third-order valence-electron chi connectivity index (χ3n) is 4.28. The lowest BCUT2D eigenvalue weighted by molar-refractivity contribution is -0.117. The summed E-state index contributed by atoms with van der Waals surface area (Å²) < 4.78 is 0. The van der Waals surface area contributed by atoms with Crippen LogP contribution in [-0.2, 0) is 9.59 Å². The van der Waals surface area contributed by atoms with Gasteiger partial charge in [-0.1, -0.05) is 12.1 Å². The Morgan fingerprint density at radius 2 is 1.12 bits per heavy atom.